The fourth-order valence-corrected chi connectivity index (χ4v) is 2.17. The average Bonchev–Trinajstić information content (AvgIpc) is 3.07. The number of aliphatic imine (C=N–C) groups is 2. The number of hydrogen-bond donors (Lipinski definition) is 0. The van der Waals surface area contributed by atoms with Gasteiger partial charge in [0.25, 0.3) is 0 Å². The molecule has 0 saturated carbocycles. The van der Waals surface area contributed by atoms with Gasteiger partial charge in [-0.15, -0.1) is 0 Å². The van der Waals surface area contributed by atoms with Crippen molar-refractivity contribution in [1.82, 2.24) is 0 Å². The van der Waals surface area contributed by atoms with E-state index in [4.69, 9.17) is 9.47 Å². The zero-order chi connectivity index (χ0) is 13.2. The van der Waals surface area contributed by atoms with E-state index in [1.165, 1.54) is 0 Å². The van der Waals surface area contributed by atoms with E-state index in [-0.39, 0.29) is 6.10 Å². The maximum Gasteiger partial charge on any atom is 0.216 e. The van der Waals surface area contributed by atoms with E-state index in [1.54, 1.807) is 0 Å². The van der Waals surface area contributed by atoms with Crippen molar-refractivity contribution in [2.45, 2.75) is 32.4 Å². The Morgan fingerprint density at radius 1 is 1.16 bits per heavy atom. The molecule has 2 atom stereocenters. The minimum Gasteiger partial charge on any atom is -0.475 e. The summed E-state index contributed by atoms with van der Waals surface area (Å²) in [5.74, 6) is 1.49. The molecular weight excluding hydrogens is 240 g/mol. The Morgan fingerprint density at radius 2 is 1.84 bits per heavy atom. The quantitative estimate of drug-likeness (QED) is 0.835. The molecule has 4 heteroatoms. The largest absolute Gasteiger partial charge is 0.475 e. The van der Waals surface area contributed by atoms with Crippen molar-refractivity contribution in [2.24, 2.45) is 9.98 Å². The third-order valence-corrected chi connectivity index (χ3v) is 3.37. The molecule has 2 aliphatic heterocycles. The van der Waals surface area contributed by atoms with E-state index in [0.717, 1.165) is 35.9 Å². The van der Waals surface area contributed by atoms with Gasteiger partial charge in [-0.25, -0.2) is 9.98 Å². The molecule has 0 spiro atoms. The van der Waals surface area contributed by atoms with Crippen LogP contribution in [-0.2, 0) is 9.47 Å². The molecule has 0 bridgehead atoms. The van der Waals surface area contributed by atoms with E-state index in [2.05, 4.69) is 16.9 Å². The molecule has 2 heterocycles. The molecule has 0 saturated heterocycles. The highest BCUT2D eigenvalue weighted by Crippen LogP contribution is 2.17. The Kier molecular flexibility index (Phi) is 3.23. The first-order valence-electron chi connectivity index (χ1n) is 6.78. The number of benzene rings is 1. The van der Waals surface area contributed by atoms with Crippen molar-refractivity contribution in [2.75, 3.05) is 13.2 Å². The minimum absolute atomic E-state index is 0.183. The average molecular weight is 258 g/mol. The summed E-state index contributed by atoms with van der Waals surface area (Å²) < 4.78 is 11.2. The van der Waals surface area contributed by atoms with Crippen molar-refractivity contribution < 1.29 is 9.47 Å². The lowest BCUT2D eigenvalue weighted by atomic mass is 10.1. The third kappa shape index (κ3) is 2.48. The molecule has 3 rings (SSSR count). The molecule has 1 aromatic rings. The van der Waals surface area contributed by atoms with Crippen molar-refractivity contribution in [3.8, 4) is 0 Å². The summed E-state index contributed by atoms with van der Waals surface area (Å²) in [6.07, 6.45) is 1.20. The van der Waals surface area contributed by atoms with Gasteiger partial charge in [-0.05, 0) is 37.6 Å². The number of hydrogen-bond acceptors (Lipinski definition) is 4. The topological polar surface area (TPSA) is 43.2 Å². The molecule has 0 amide bonds. The number of rotatable bonds is 3. The molecule has 2 unspecified atom stereocenters. The Labute approximate surface area is 113 Å². The highest BCUT2D eigenvalue weighted by atomic mass is 16.5. The van der Waals surface area contributed by atoms with E-state index in [1.807, 2.05) is 31.2 Å². The summed E-state index contributed by atoms with van der Waals surface area (Å²) in [5, 5.41) is 0. The van der Waals surface area contributed by atoms with Crippen molar-refractivity contribution in [1.29, 1.82) is 0 Å². The molecule has 1 aromatic carbocycles. The van der Waals surface area contributed by atoms with E-state index in [0.29, 0.717) is 12.6 Å². The summed E-state index contributed by atoms with van der Waals surface area (Å²) in [5.41, 5.74) is 2.03. The second kappa shape index (κ2) is 5.03. The van der Waals surface area contributed by atoms with Gasteiger partial charge >= 0.3 is 0 Å². The maximum atomic E-state index is 5.64. The van der Waals surface area contributed by atoms with Crippen LogP contribution in [0.4, 0.5) is 0 Å². The van der Waals surface area contributed by atoms with Gasteiger partial charge in [0.1, 0.15) is 12.7 Å². The summed E-state index contributed by atoms with van der Waals surface area (Å²) in [6, 6.07) is 8.36. The standard InChI is InChI=1S/C15H18N2O2/c1-3-13-9-18-15(17-13)12-6-4-11(5-7-12)14-16-8-10(2)19-14/h4-7,10,13H,3,8-9H2,1-2H3. The van der Waals surface area contributed by atoms with Crippen LogP contribution >= 0.6 is 0 Å². The van der Waals surface area contributed by atoms with Crippen LogP contribution in [0.25, 0.3) is 0 Å². The van der Waals surface area contributed by atoms with Crippen LogP contribution < -0.4 is 0 Å². The highest BCUT2D eigenvalue weighted by molar-refractivity contribution is 5.98. The Balaban J connectivity index is 1.76. The predicted molar refractivity (Wildman–Crippen MR) is 75.0 cm³/mol. The van der Waals surface area contributed by atoms with Gasteiger partial charge in [-0.3, -0.25) is 0 Å². The van der Waals surface area contributed by atoms with Crippen LogP contribution in [-0.4, -0.2) is 37.1 Å². The van der Waals surface area contributed by atoms with Gasteiger partial charge < -0.3 is 9.47 Å². The molecule has 0 aliphatic carbocycles. The van der Waals surface area contributed by atoms with E-state index in [9.17, 15) is 0 Å². The third-order valence-electron chi connectivity index (χ3n) is 3.37. The molecule has 0 radical (unpaired) electrons. The molecule has 0 N–H and O–H groups in total. The van der Waals surface area contributed by atoms with Crippen LogP contribution in [0, 0.1) is 0 Å². The zero-order valence-electron chi connectivity index (χ0n) is 11.3. The Hall–Kier alpha value is -1.84. The summed E-state index contributed by atoms with van der Waals surface area (Å²) in [4.78, 5) is 8.92. The molecule has 19 heavy (non-hydrogen) atoms. The summed E-state index contributed by atoms with van der Waals surface area (Å²) in [6.45, 7) is 5.59. The van der Waals surface area contributed by atoms with Crippen LogP contribution in [0.2, 0.25) is 0 Å². The van der Waals surface area contributed by atoms with Crippen LogP contribution in [0.5, 0.6) is 0 Å². The highest BCUT2D eigenvalue weighted by Gasteiger charge is 2.20. The predicted octanol–water partition coefficient (Wildman–Crippen LogP) is 2.41. The first-order chi connectivity index (χ1) is 9.26. The lowest BCUT2D eigenvalue weighted by Crippen LogP contribution is -2.09. The summed E-state index contributed by atoms with van der Waals surface area (Å²) in [7, 11) is 0. The zero-order valence-corrected chi connectivity index (χ0v) is 11.3. The first-order valence-corrected chi connectivity index (χ1v) is 6.78. The van der Waals surface area contributed by atoms with Gasteiger partial charge in [0.2, 0.25) is 11.8 Å². The molecule has 2 aliphatic rings. The van der Waals surface area contributed by atoms with Gasteiger partial charge in [0.05, 0.1) is 12.6 Å². The van der Waals surface area contributed by atoms with Gasteiger partial charge in [-0.2, -0.15) is 0 Å². The van der Waals surface area contributed by atoms with Crippen molar-refractivity contribution in [3.63, 3.8) is 0 Å². The fourth-order valence-electron chi connectivity index (χ4n) is 2.17. The second-order valence-electron chi connectivity index (χ2n) is 4.96. The number of nitrogens with zero attached hydrogens (tertiary/aromatic N) is 2. The molecule has 0 fully saturated rings. The monoisotopic (exact) mass is 258 g/mol. The molecule has 100 valence electrons. The normalized spacial score (nSPS) is 25.6. The molecule has 0 aromatic heterocycles. The smallest absolute Gasteiger partial charge is 0.216 e. The lowest BCUT2D eigenvalue weighted by molar-refractivity contribution is 0.246. The maximum absolute atomic E-state index is 5.64. The lowest BCUT2D eigenvalue weighted by Gasteiger charge is -2.06. The first kappa shape index (κ1) is 12.2. The fraction of sp³-hybridized carbons (Fsp3) is 0.467. The van der Waals surface area contributed by atoms with Gasteiger partial charge in [0, 0.05) is 11.1 Å². The summed E-state index contributed by atoms with van der Waals surface area (Å²) >= 11 is 0. The van der Waals surface area contributed by atoms with Crippen LogP contribution in [0.1, 0.15) is 31.4 Å². The number of ether oxygens (including phenoxy) is 2. The van der Waals surface area contributed by atoms with Gasteiger partial charge in [0.15, 0.2) is 0 Å². The van der Waals surface area contributed by atoms with Crippen molar-refractivity contribution >= 4 is 11.8 Å². The second-order valence-corrected chi connectivity index (χ2v) is 4.96. The van der Waals surface area contributed by atoms with Gasteiger partial charge in [-0.1, -0.05) is 6.92 Å². The van der Waals surface area contributed by atoms with Crippen molar-refractivity contribution in [3.05, 3.63) is 35.4 Å². The van der Waals surface area contributed by atoms with Crippen LogP contribution in [0.3, 0.4) is 0 Å². The Bertz CT molecular complexity index is 519. The SMILES string of the molecule is CCC1COC(c2ccc(C3=NCC(C)O3)cc2)=N1. The van der Waals surface area contributed by atoms with E-state index >= 15 is 0 Å². The van der Waals surface area contributed by atoms with E-state index < -0.39 is 0 Å². The Morgan fingerprint density at radius 3 is 2.37 bits per heavy atom. The molecule has 4 nitrogen and oxygen atoms in total. The van der Waals surface area contributed by atoms with Crippen LogP contribution in [0.15, 0.2) is 34.3 Å². The minimum atomic E-state index is 0.183. The molecular formula is C15H18N2O2.